The first kappa shape index (κ1) is 17.2. The number of nitrogens with zero attached hydrogens (tertiary/aromatic N) is 4. The number of rotatable bonds is 3. The van der Waals surface area contributed by atoms with E-state index in [0.717, 1.165) is 28.2 Å². The van der Waals surface area contributed by atoms with Crippen LogP contribution in [0.15, 0.2) is 53.7 Å². The summed E-state index contributed by atoms with van der Waals surface area (Å²) in [6.07, 6.45) is 8.46. The lowest BCUT2D eigenvalue weighted by atomic mass is 9.95. The molecule has 2 aliphatic carbocycles. The number of hydrogen-bond acceptors (Lipinski definition) is 4. The zero-order valence-corrected chi connectivity index (χ0v) is 17.0. The topological polar surface area (TPSA) is 69.8 Å². The first-order valence-electron chi connectivity index (χ1n) is 10.2. The Kier molecular flexibility index (Phi) is 3.51. The summed E-state index contributed by atoms with van der Waals surface area (Å²) in [7, 11) is -3.70. The molecule has 2 saturated carbocycles. The van der Waals surface area contributed by atoms with Crippen molar-refractivity contribution in [2.75, 3.05) is 0 Å². The van der Waals surface area contributed by atoms with Crippen LogP contribution in [0.4, 0.5) is 0 Å². The van der Waals surface area contributed by atoms with Crippen LogP contribution in [0.25, 0.3) is 22.1 Å². The molecule has 6 rings (SSSR count). The van der Waals surface area contributed by atoms with Gasteiger partial charge in [-0.3, -0.25) is 0 Å². The monoisotopic (exact) mass is 406 g/mol. The number of imidazole rings is 1. The maximum atomic E-state index is 13.2. The van der Waals surface area contributed by atoms with Gasteiger partial charge in [-0.2, -0.15) is 0 Å². The molecule has 148 valence electrons. The second kappa shape index (κ2) is 5.92. The van der Waals surface area contributed by atoms with E-state index < -0.39 is 10.0 Å². The second-order valence-electron chi connectivity index (χ2n) is 8.43. The molecule has 0 saturated heterocycles. The summed E-state index contributed by atoms with van der Waals surface area (Å²) in [5, 5.41) is 0.852. The van der Waals surface area contributed by atoms with E-state index >= 15 is 0 Å². The number of fused-ring (bicyclic) bond motifs is 5. The summed E-state index contributed by atoms with van der Waals surface area (Å²) in [4.78, 5) is 9.52. The van der Waals surface area contributed by atoms with Crippen LogP contribution in [-0.2, 0) is 10.0 Å². The molecular weight excluding hydrogens is 384 g/mol. The van der Waals surface area contributed by atoms with E-state index in [2.05, 4.69) is 16.5 Å². The molecule has 3 unspecified atom stereocenters. The van der Waals surface area contributed by atoms with Gasteiger partial charge in [-0.1, -0.05) is 24.6 Å². The van der Waals surface area contributed by atoms with Crippen molar-refractivity contribution >= 4 is 32.1 Å². The number of pyridine rings is 1. The van der Waals surface area contributed by atoms with E-state index in [1.807, 2.05) is 12.1 Å². The molecule has 3 aromatic heterocycles. The molecule has 7 heteroatoms. The highest BCUT2D eigenvalue weighted by atomic mass is 32.2. The number of benzene rings is 1. The van der Waals surface area contributed by atoms with Crippen LogP contribution in [0.5, 0.6) is 0 Å². The fraction of sp³-hybridized carbons (Fsp3) is 0.364. The minimum Gasteiger partial charge on any atom is -0.324 e. The molecule has 2 fully saturated rings. The van der Waals surface area contributed by atoms with Crippen molar-refractivity contribution in [1.29, 1.82) is 0 Å². The van der Waals surface area contributed by atoms with Crippen LogP contribution in [0.3, 0.4) is 0 Å². The van der Waals surface area contributed by atoms with Gasteiger partial charge in [0.2, 0.25) is 0 Å². The third-order valence-electron chi connectivity index (χ3n) is 6.84. The largest absolute Gasteiger partial charge is 0.324 e. The van der Waals surface area contributed by atoms with Gasteiger partial charge in [0, 0.05) is 17.6 Å². The van der Waals surface area contributed by atoms with Crippen molar-refractivity contribution < 1.29 is 8.42 Å². The Hall–Kier alpha value is -2.67. The summed E-state index contributed by atoms with van der Waals surface area (Å²) in [6.45, 7) is 2.05. The number of aromatic nitrogens is 4. The molecule has 0 amide bonds. The van der Waals surface area contributed by atoms with Gasteiger partial charge in [0.15, 0.2) is 5.65 Å². The summed E-state index contributed by atoms with van der Waals surface area (Å²) < 4.78 is 30.1. The van der Waals surface area contributed by atoms with Crippen LogP contribution < -0.4 is 0 Å². The van der Waals surface area contributed by atoms with E-state index in [-0.39, 0.29) is 4.90 Å². The summed E-state index contributed by atoms with van der Waals surface area (Å²) in [5.74, 6) is 2.52. The Balaban J connectivity index is 1.58. The highest BCUT2D eigenvalue weighted by molar-refractivity contribution is 7.90. The molecule has 0 spiro atoms. The Morgan fingerprint density at radius 2 is 1.90 bits per heavy atom. The molecule has 3 atom stereocenters. The van der Waals surface area contributed by atoms with Gasteiger partial charge in [0.25, 0.3) is 10.0 Å². The normalized spacial score (nSPS) is 24.1. The zero-order chi connectivity index (χ0) is 19.8. The van der Waals surface area contributed by atoms with E-state index in [1.54, 1.807) is 36.7 Å². The molecular formula is C22H22N4O2S. The maximum absolute atomic E-state index is 13.2. The molecule has 3 heterocycles. The Labute approximate surface area is 169 Å². The second-order valence-corrected chi connectivity index (χ2v) is 10.2. The van der Waals surface area contributed by atoms with Crippen LogP contribution in [0, 0.1) is 18.8 Å². The van der Waals surface area contributed by atoms with E-state index in [1.165, 1.54) is 29.7 Å². The minimum atomic E-state index is -3.70. The highest BCUT2D eigenvalue weighted by Gasteiger charge is 2.41. The maximum Gasteiger partial charge on any atom is 0.269 e. The van der Waals surface area contributed by atoms with Gasteiger partial charge < -0.3 is 4.57 Å². The molecule has 6 nitrogen and oxygen atoms in total. The SMILES string of the molecule is Cc1nc2cnc3c(ccn3S(=O)(=O)c3ccccc3)c2n1C1CC2CCC1C2. The van der Waals surface area contributed by atoms with Crippen LogP contribution in [0.2, 0.25) is 0 Å². The van der Waals surface area contributed by atoms with E-state index in [0.29, 0.717) is 17.6 Å². The average molecular weight is 407 g/mol. The average Bonchev–Trinajstić information content (AvgIpc) is 3.49. The molecule has 29 heavy (non-hydrogen) atoms. The van der Waals surface area contributed by atoms with E-state index in [9.17, 15) is 8.42 Å². The Morgan fingerprint density at radius 1 is 1.07 bits per heavy atom. The standard InChI is InChI=1S/C22H22N4O2S/c1-14-24-19-13-23-22-18(21(19)26(14)20-12-15-7-8-16(20)11-15)9-10-25(22)29(27,28)17-5-3-2-4-6-17/h2-6,9-10,13,15-16,20H,7-8,11-12H2,1H3. The zero-order valence-electron chi connectivity index (χ0n) is 16.2. The minimum absolute atomic E-state index is 0.261. The third-order valence-corrected chi connectivity index (χ3v) is 8.52. The summed E-state index contributed by atoms with van der Waals surface area (Å²) in [5.41, 5.74) is 2.32. The highest BCUT2D eigenvalue weighted by Crippen LogP contribution is 2.52. The molecule has 2 aliphatic rings. The summed E-state index contributed by atoms with van der Waals surface area (Å²) in [6, 6.07) is 10.8. The Morgan fingerprint density at radius 3 is 2.62 bits per heavy atom. The molecule has 0 radical (unpaired) electrons. The fourth-order valence-electron chi connectivity index (χ4n) is 5.60. The predicted molar refractivity (Wildman–Crippen MR) is 111 cm³/mol. The molecule has 2 bridgehead atoms. The van der Waals surface area contributed by atoms with Crippen LogP contribution in [0.1, 0.15) is 37.5 Å². The Bertz CT molecular complexity index is 1350. The third kappa shape index (κ3) is 2.37. The molecule has 1 aromatic carbocycles. The smallest absolute Gasteiger partial charge is 0.269 e. The van der Waals surface area contributed by atoms with E-state index in [4.69, 9.17) is 4.98 Å². The number of hydrogen-bond donors (Lipinski definition) is 0. The van der Waals surface area contributed by atoms with Crippen molar-refractivity contribution in [2.45, 2.75) is 43.5 Å². The van der Waals surface area contributed by atoms with Gasteiger partial charge in [-0.15, -0.1) is 0 Å². The van der Waals surface area contributed by atoms with Crippen molar-refractivity contribution in [2.24, 2.45) is 11.8 Å². The van der Waals surface area contributed by atoms with Gasteiger partial charge in [-0.25, -0.2) is 22.4 Å². The quantitative estimate of drug-likeness (QED) is 0.509. The van der Waals surface area contributed by atoms with Crippen molar-refractivity contribution in [3.63, 3.8) is 0 Å². The molecule has 0 aliphatic heterocycles. The lowest BCUT2D eigenvalue weighted by molar-refractivity contribution is 0.332. The first-order valence-corrected chi connectivity index (χ1v) is 11.6. The van der Waals surface area contributed by atoms with Crippen LogP contribution in [-0.4, -0.2) is 26.9 Å². The fourth-order valence-corrected chi connectivity index (χ4v) is 6.92. The van der Waals surface area contributed by atoms with Gasteiger partial charge in [0.1, 0.15) is 11.3 Å². The predicted octanol–water partition coefficient (Wildman–Crippen LogP) is 4.29. The summed E-state index contributed by atoms with van der Waals surface area (Å²) >= 11 is 0. The molecule has 4 aromatic rings. The lowest BCUT2D eigenvalue weighted by Crippen LogP contribution is -2.17. The molecule has 0 N–H and O–H groups in total. The van der Waals surface area contributed by atoms with Gasteiger partial charge >= 0.3 is 0 Å². The van der Waals surface area contributed by atoms with Crippen molar-refractivity contribution in [3.8, 4) is 0 Å². The van der Waals surface area contributed by atoms with Crippen molar-refractivity contribution in [1.82, 2.24) is 18.5 Å². The first-order chi connectivity index (χ1) is 14.0. The van der Waals surface area contributed by atoms with Crippen molar-refractivity contribution in [3.05, 3.63) is 54.6 Å². The number of aryl methyl sites for hydroxylation is 1. The van der Waals surface area contributed by atoms with Gasteiger partial charge in [-0.05, 0) is 56.2 Å². The van der Waals surface area contributed by atoms with Crippen LogP contribution >= 0.6 is 0 Å². The van der Waals surface area contributed by atoms with Gasteiger partial charge in [0.05, 0.1) is 16.6 Å². The lowest BCUT2D eigenvalue weighted by Gasteiger charge is -2.25.